The second-order valence-corrected chi connectivity index (χ2v) is 19.9. The van der Waals surface area contributed by atoms with E-state index < -0.39 is 32.1 Å². The summed E-state index contributed by atoms with van der Waals surface area (Å²) in [7, 11) is -7.79. The van der Waals surface area contributed by atoms with Crippen molar-refractivity contribution in [3.05, 3.63) is 56.6 Å². The van der Waals surface area contributed by atoms with Gasteiger partial charge in [0.15, 0.2) is 0 Å². The Bertz CT molecular complexity index is 2050. The number of aryl methyl sites for hydroxylation is 3. The smallest absolute Gasteiger partial charge is 0.332 e. The second kappa shape index (κ2) is 15.9. The average molecular weight is 799 g/mol. The zero-order chi connectivity index (χ0) is 38.3. The molecule has 3 atom stereocenters. The van der Waals surface area contributed by atoms with Gasteiger partial charge < -0.3 is 20.1 Å². The number of carbonyl (C=O) groups excluding carboxylic acids is 2. The van der Waals surface area contributed by atoms with Crippen LogP contribution in [0.3, 0.4) is 0 Å². The molecule has 2 aliphatic heterocycles. The predicted molar refractivity (Wildman–Crippen MR) is 210 cm³/mol. The fraction of sp³-hybridized carbons (Fsp3) is 0.641. The van der Waals surface area contributed by atoms with Gasteiger partial charge in [0.2, 0.25) is 20.0 Å². The molecule has 2 aromatic carbocycles. The minimum absolute atomic E-state index is 0.124. The van der Waals surface area contributed by atoms with E-state index in [1.54, 1.807) is 4.90 Å². The zero-order valence-electron chi connectivity index (χ0n) is 31.7. The molecule has 6 aliphatic rings. The molecule has 0 aromatic heterocycles. The molecule has 4 amide bonds. The molecule has 0 spiro atoms. The van der Waals surface area contributed by atoms with E-state index >= 15 is 0 Å². The van der Waals surface area contributed by atoms with Crippen LogP contribution >= 0.6 is 0 Å². The molecule has 55 heavy (non-hydrogen) atoms. The summed E-state index contributed by atoms with van der Waals surface area (Å²) in [5.41, 5.74) is 10.7. The van der Waals surface area contributed by atoms with Gasteiger partial charge in [0.1, 0.15) is 5.88 Å². The van der Waals surface area contributed by atoms with Crippen molar-refractivity contribution in [1.82, 2.24) is 19.2 Å². The molecule has 14 nitrogen and oxygen atoms in total. The Morgan fingerprint density at radius 3 is 1.96 bits per heavy atom. The zero-order valence-corrected chi connectivity index (χ0v) is 33.3. The Hall–Kier alpha value is -3.28. The molecular weight excluding hydrogens is 745 g/mol. The highest BCUT2D eigenvalue weighted by atomic mass is 32.2. The first-order valence-electron chi connectivity index (χ1n) is 20.0. The van der Waals surface area contributed by atoms with Crippen molar-refractivity contribution in [1.29, 1.82) is 0 Å². The van der Waals surface area contributed by atoms with Crippen molar-refractivity contribution in [3.8, 4) is 0 Å². The van der Waals surface area contributed by atoms with Crippen LogP contribution in [0, 0.1) is 11.8 Å². The van der Waals surface area contributed by atoms with Crippen LogP contribution in [0.15, 0.2) is 12.1 Å². The number of nitrogens with one attached hydrogen (secondary N) is 4. The summed E-state index contributed by atoms with van der Waals surface area (Å²) >= 11 is 0. The van der Waals surface area contributed by atoms with Crippen molar-refractivity contribution >= 4 is 43.5 Å². The molecule has 2 aromatic rings. The third-order valence-electron chi connectivity index (χ3n) is 12.3. The molecule has 2 saturated heterocycles. The molecule has 300 valence electrons. The van der Waals surface area contributed by atoms with E-state index in [0.717, 1.165) is 105 Å². The molecule has 4 N–H and O–H groups in total. The van der Waals surface area contributed by atoms with Crippen LogP contribution in [0.1, 0.15) is 76.6 Å². The van der Waals surface area contributed by atoms with Crippen LogP contribution in [0.25, 0.3) is 0 Å². The number of nitrogens with zero attached hydrogens (tertiary/aromatic N) is 2. The normalized spacial score (nSPS) is 23.1. The molecule has 8 rings (SSSR count). The highest BCUT2D eigenvalue weighted by Gasteiger charge is 2.40. The summed E-state index contributed by atoms with van der Waals surface area (Å²) in [6, 6.07) is 3.12. The van der Waals surface area contributed by atoms with Crippen LogP contribution in [-0.2, 0) is 74.5 Å². The number of hydrogen-bond acceptors (Lipinski definition) is 10. The van der Waals surface area contributed by atoms with Crippen LogP contribution in [0.5, 0.6) is 0 Å². The first-order chi connectivity index (χ1) is 26.4. The number of rotatable bonds is 11. The molecule has 4 aliphatic carbocycles. The molecule has 2 fully saturated rings. The standard InChI is InChI=1S/C39H54N6O8S2/c1-25(22-44-10-14-52-15-11-44)23-54(48,49)42-38(46)40-36-32-6-2-5-27(32)19-29-20-30(21-34(29)36)31-9-8-28-18-26-4-3-7-33(26)37(35(28)31)41-39(47)43-55(50,51)24-45-12-16-53-17-13-45/h18-19,25,30-31H,2-17,20-24H2,1H3,(H2,40,42,46)(H2,41,43,47). The third-order valence-corrected chi connectivity index (χ3v) is 15.1. The maximum absolute atomic E-state index is 13.4. The molecule has 0 bridgehead atoms. The van der Waals surface area contributed by atoms with E-state index in [4.69, 9.17) is 9.47 Å². The van der Waals surface area contributed by atoms with Gasteiger partial charge >= 0.3 is 12.1 Å². The van der Waals surface area contributed by atoms with Gasteiger partial charge in [0.05, 0.1) is 32.2 Å². The number of urea groups is 2. The summed E-state index contributed by atoms with van der Waals surface area (Å²) in [4.78, 5) is 30.8. The Balaban J connectivity index is 0.989. The van der Waals surface area contributed by atoms with Crippen LogP contribution in [0.2, 0.25) is 0 Å². The van der Waals surface area contributed by atoms with Crippen molar-refractivity contribution in [2.75, 3.05) is 81.4 Å². The summed E-state index contributed by atoms with van der Waals surface area (Å²) in [6.45, 7) is 7.23. The summed E-state index contributed by atoms with van der Waals surface area (Å²) in [6.07, 6.45) is 8.74. The van der Waals surface area contributed by atoms with Gasteiger partial charge in [0, 0.05) is 44.1 Å². The topological polar surface area (TPSA) is 175 Å². The fourth-order valence-electron chi connectivity index (χ4n) is 10.1. The number of sulfonamides is 2. The van der Waals surface area contributed by atoms with Crippen LogP contribution in [-0.4, -0.2) is 109 Å². The summed E-state index contributed by atoms with van der Waals surface area (Å²) < 4.78 is 67.7. The number of fused-ring (bicyclic) bond motifs is 4. The van der Waals surface area contributed by atoms with Gasteiger partial charge in [-0.15, -0.1) is 0 Å². The van der Waals surface area contributed by atoms with E-state index in [0.29, 0.717) is 52.5 Å². The first-order valence-corrected chi connectivity index (χ1v) is 23.3. The van der Waals surface area contributed by atoms with Crippen LogP contribution in [0.4, 0.5) is 21.0 Å². The number of carbonyl (C=O) groups is 2. The highest BCUT2D eigenvalue weighted by molar-refractivity contribution is 7.90. The largest absolute Gasteiger partial charge is 0.379 e. The SMILES string of the molecule is CC(CN1CCOCC1)CS(=O)(=O)NC(=O)Nc1c2c(cc3c1CC(C1CCc4cc5c(c(NC(=O)NS(=O)(=O)CN6CCOCC6)c41)CCC5)C3)CCC2. The Morgan fingerprint density at radius 1 is 0.709 bits per heavy atom. The van der Waals surface area contributed by atoms with Crippen molar-refractivity contribution < 1.29 is 35.9 Å². The lowest BCUT2D eigenvalue weighted by Crippen LogP contribution is -2.45. The molecule has 2 heterocycles. The van der Waals surface area contributed by atoms with Gasteiger partial charge in [-0.1, -0.05) is 19.1 Å². The summed E-state index contributed by atoms with van der Waals surface area (Å²) in [5.74, 6) is -0.256. The number of amides is 4. The maximum Gasteiger partial charge on any atom is 0.332 e. The fourth-order valence-corrected chi connectivity index (χ4v) is 12.5. The Labute approximate surface area is 324 Å². The lowest BCUT2D eigenvalue weighted by atomic mass is 9.83. The van der Waals surface area contributed by atoms with Crippen molar-refractivity contribution in [3.63, 3.8) is 0 Å². The van der Waals surface area contributed by atoms with Gasteiger partial charge in [-0.3, -0.25) is 9.80 Å². The minimum atomic E-state index is -3.91. The van der Waals surface area contributed by atoms with Gasteiger partial charge in [-0.05, 0) is 126 Å². The van der Waals surface area contributed by atoms with E-state index in [-0.39, 0.29) is 29.4 Å². The maximum atomic E-state index is 13.4. The monoisotopic (exact) mass is 798 g/mol. The molecular formula is C39H54N6O8S2. The average Bonchev–Trinajstić information content (AvgIpc) is 3.94. The molecule has 0 saturated carbocycles. The quantitative estimate of drug-likeness (QED) is 0.264. The van der Waals surface area contributed by atoms with Gasteiger partial charge in [-0.25, -0.2) is 35.9 Å². The highest BCUT2D eigenvalue weighted by Crippen LogP contribution is 2.51. The molecule has 16 heteroatoms. The lowest BCUT2D eigenvalue weighted by molar-refractivity contribution is 0.0330. The molecule has 0 radical (unpaired) electrons. The van der Waals surface area contributed by atoms with Gasteiger partial charge in [0.25, 0.3) is 0 Å². The van der Waals surface area contributed by atoms with E-state index in [9.17, 15) is 26.4 Å². The Morgan fingerprint density at radius 2 is 1.29 bits per heavy atom. The van der Waals surface area contributed by atoms with E-state index in [2.05, 4.69) is 37.1 Å². The van der Waals surface area contributed by atoms with Gasteiger partial charge in [-0.2, -0.15) is 0 Å². The first kappa shape index (κ1) is 38.6. The third kappa shape index (κ3) is 8.69. The number of morpholine rings is 2. The predicted octanol–water partition coefficient (Wildman–Crippen LogP) is 3.27. The lowest BCUT2D eigenvalue weighted by Gasteiger charge is -2.29. The molecule has 3 unspecified atom stereocenters. The number of ether oxygens (including phenoxy) is 2. The number of hydrogen-bond donors (Lipinski definition) is 4. The Kier molecular flexibility index (Phi) is 11.2. The van der Waals surface area contributed by atoms with Crippen LogP contribution < -0.4 is 20.1 Å². The second-order valence-electron chi connectivity index (χ2n) is 16.4. The van der Waals surface area contributed by atoms with Crippen molar-refractivity contribution in [2.24, 2.45) is 11.8 Å². The number of anilines is 2. The van der Waals surface area contributed by atoms with E-state index in [1.807, 2.05) is 6.92 Å². The minimum Gasteiger partial charge on any atom is -0.379 e. The number of benzene rings is 2. The van der Waals surface area contributed by atoms with Crippen molar-refractivity contribution in [2.45, 2.75) is 77.0 Å². The summed E-state index contributed by atoms with van der Waals surface area (Å²) in [5, 5.41) is 6.06. The van der Waals surface area contributed by atoms with E-state index in [1.165, 1.54) is 22.3 Å².